The van der Waals surface area contributed by atoms with Crippen LogP contribution in [-0.2, 0) is 19.7 Å². The van der Waals surface area contributed by atoms with E-state index in [9.17, 15) is 60.7 Å². The first-order chi connectivity index (χ1) is 15.2. The van der Waals surface area contributed by atoms with Gasteiger partial charge in [-0.25, -0.2) is 16.8 Å². The molecule has 0 aliphatic carbocycles. The minimum Gasteiger partial charge on any atom is -0.217 e. The van der Waals surface area contributed by atoms with Crippen LogP contribution in [0.3, 0.4) is 0 Å². The van der Waals surface area contributed by atoms with Crippen molar-refractivity contribution in [1.82, 2.24) is 0 Å². The molecule has 0 unspecified atom stereocenters. The standard InChI is InChI=1S/C18H8F10O4S2/c19-15(20,21)17(25,26)33(29,30)13-9-5-1-2-6-10(9)14(12-8-4-3-7-11(12)13)34(31,32)18(27,28)16(22,23)24/h1-8H. The largest absolute Gasteiger partial charge is 0.469 e. The molecule has 4 nitrogen and oxygen atoms in total. The van der Waals surface area contributed by atoms with Gasteiger partial charge in [0, 0.05) is 21.5 Å². The molecule has 0 aliphatic rings. The predicted octanol–water partition coefficient (Wildman–Crippen LogP) is 5.85. The number of fused-ring (bicyclic) bond motifs is 2. The van der Waals surface area contributed by atoms with E-state index in [4.69, 9.17) is 0 Å². The third kappa shape index (κ3) is 3.40. The molecule has 0 aromatic heterocycles. The zero-order chi connectivity index (χ0) is 26.1. The van der Waals surface area contributed by atoms with Crippen LogP contribution in [0.25, 0.3) is 21.5 Å². The third-order valence-corrected chi connectivity index (χ3v) is 8.47. The lowest BCUT2D eigenvalue weighted by molar-refractivity contribution is -0.241. The van der Waals surface area contributed by atoms with Gasteiger partial charge in [-0.1, -0.05) is 48.5 Å². The van der Waals surface area contributed by atoms with Crippen LogP contribution in [0.5, 0.6) is 0 Å². The minimum atomic E-state index is -6.74. The summed E-state index contributed by atoms with van der Waals surface area (Å²) < 4.78 is 184. The Morgan fingerprint density at radius 2 is 0.647 bits per heavy atom. The van der Waals surface area contributed by atoms with Crippen LogP contribution < -0.4 is 0 Å². The lowest BCUT2D eigenvalue weighted by Gasteiger charge is -2.25. The molecule has 0 fully saturated rings. The Morgan fingerprint density at radius 1 is 0.441 bits per heavy atom. The maximum Gasteiger partial charge on any atom is 0.469 e. The van der Waals surface area contributed by atoms with Crippen LogP contribution in [0.2, 0.25) is 0 Å². The summed E-state index contributed by atoms with van der Waals surface area (Å²) in [7, 11) is -13.5. The van der Waals surface area contributed by atoms with Gasteiger partial charge in [-0.05, 0) is 0 Å². The van der Waals surface area contributed by atoms with Gasteiger partial charge in [0.2, 0.25) is 0 Å². The highest BCUT2D eigenvalue weighted by molar-refractivity contribution is 7.93. The average molecular weight is 542 g/mol. The Hall–Kier alpha value is -2.62. The first kappa shape index (κ1) is 26.0. The highest BCUT2D eigenvalue weighted by Crippen LogP contribution is 2.50. The molecule has 3 aromatic rings. The monoisotopic (exact) mass is 542 g/mol. The van der Waals surface area contributed by atoms with Gasteiger partial charge in [-0.2, -0.15) is 43.9 Å². The molecule has 0 saturated carbocycles. The van der Waals surface area contributed by atoms with Gasteiger partial charge >= 0.3 is 22.9 Å². The zero-order valence-electron chi connectivity index (χ0n) is 15.8. The van der Waals surface area contributed by atoms with Crippen LogP contribution in [0, 0.1) is 0 Å². The van der Waals surface area contributed by atoms with Crippen LogP contribution in [0.15, 0.2) is 58.3 Å². The van der Waals surface area contributed by atoms with Crippen molar-refractivity contribution >= 4 is 41.2 Å². The van der Waals surface area contributed by atoms with Gasteiger partial charge in [0.25, 0.3) is 19.7 Å². The molecule has 0 spiro atoms. The first-order valence-corrected chi connectivity index (χ1v) is 11.5. The van der Waals surface area contributed by atoms with E-state index in [1.165, 1.54) is 0 Å². The summed E-state index contributed by atoms with van der Waals surface area (Å²) in [5.41, 5.74) is 0. The van der Waals surface area contributed by atoms with Crippen LogP contribution >= 0.6 is 0 Å². The van der Waals surface area contributed by atoms with Gasteiger partial charge in [-0.15, -0.1) is 0 Å². The molecule has 186 valence electrons. The van der Waals surface area contributed by atoms with E-state index in [0.717, 1.165) is 24.3 Å². The molecule has 34 heavy (non-hydrogen) atoms. The lowest BCUT2D eigenvalue weighted by atomic mass is 10.0. The third-order valence-electron chi connectivity index (χ3n) is 4.71. The van der Waals surface area contributed by atoms with Gasteiger partial charge in [0.1, 0.15) is 0 Å². The van der Waals surface area contributed by atoms with Crippen molar-refractivity contribution in [2.45, 2.75) is 32.7 Å². The second-order valence-electron chi connectivity index (χ2n) is 6.79. The van der Waals surface area contributed by atoms with Crippen molar-refractivity contribution in [1.29, 1.82) is 0 Å². The second-order valence-corrected chi connectivity index (χ2v) is 10.6. The number of hydrogen-bond acceptors (Lipinski definition) is 4. The molecule has 16 heteroatoms. The van der Waals surface area contributed by atoms with E-state index in [1.807, 2.05) is 0 Å². The maximum absolute atomic E-state index is 14.0. The zero-order valence-corrected chi connectivity index (χ0v) is 17.5. The average Bonchev–Trinajstić information content (AvgIpc) is 2.69. The Labute approximate surface area is 183 Å². The Kier molecular flexibility index (Phi) is 5.69. The normalized spacial score (nSPS) is 14.6. The number of sulfone groups is 2. The molecule has 0 aliphatic heterocycles. The quantitative estimate of drug-likeness (QED) is 0.307. The number of alkyl halides is 10. The van der Waals surface area contributed by atoms with Crippen LogP contribution in [0.1, 0.15) is 0 Å². The van der Waals surface area contributed by atoms with Gasteiger partial charge in [0.15, 0.2) is 0 Å². The lowest BCUT2D eigenvalue weighted by Crippen LogP contribution is -2.44. The smallest absolute Gasteiger partial charge is 0.217 e. The molecule has 0 atom stereocenters. The predicted molar refractivity (Wildman–Crippen MR) is 97.8 cm³/mol. The molecule has 0 bridgehead atoms. The number of hydrogen-bond donors (Lipinski definition) is 0. The summed E-state index contributed by atoms with van der Waals surface area (Å²) in [6.07, 6.45) is -13.3. The Morgan fingerprint density at radius 3 is 0.824 bits per heavy atom. The second kappa shape index (κ2) is 7.44. The van der Waals surface area contributed by atoms with Crippen molar-refractivity contribution < 1.29 is 60.7 Å². The number of rotatable bonds is 4. The summed E-state index contributed by atoms with van der Waals surface area (Å²) in [5.74, 6) is 0. The summed E-state index contributed by atoms with van der Waals surface area (Å²) in [5, 5.41) is -17.8. The number of benzene rings is 3. The van der Waals surface area contributed by atoms with Crippen LogP contribution in [0.4, 0.5) is 43.9 Å². The highest BCUT2D eigenvalue weighted by Gasteiger charge is 2.69. The molecule has 0 amide bonds. The van der Waals surface area contributed by atoms with Crippen LogP contribution in [-0.4, -0.2) is 39.7 Å². The van der Waals surface area contributed by atoms with E-state index in [-0.39, 0.29) is 0 Å². The van der Waals surface area contributed by atoms with Gasteiger partial charge in [-0.3, -0.25) is 0 Å². The van der Waals surface area contributed by atoms with Crippen molar-refractivity contribution in [2.24, 2.45) is 0 Å². The summed E-state index contributed by atoms with van der Waals surface area (Å²) >= 11 is 0. The topological polar surface area (TPSA) is 68.3 Å². The van der Waals surface area contributed by atoms with Gasteiger partial charge < -0.3 is 0 Å². The molecular formula is C18H8F10O4S2. The highest BCUT2D eigenvalue weighted by atomic mass is 32.2. The molecule has 0 radical (unpaired) electrons. The fraction of sp³-hybridized carbons (Fsp3) is 0.222. The Balaban J connectivity index is 2.65. The molecule has 3 aromatic carbocycles. The van der Waals surface area contributed by atoms with E-state index in [1.54, 1.807) is 0 Å². The van der Waals surface area contributed by atoms with Crippen molar-refractivity contribution in [2.75, 3.05) is 0 Å². The van der Waals surface area contributed by atoms with E-state index in [2.05, 4.69) is 0 Å². The molecular weight excluding hydrogens is 534 g/mol. The Bertz CT molecular complexity index is 1330. The minimum absolute atomic E-state index is 0.506. The molecule has 0 saturated heterocycles. The van der Waals surface area contributed by atoms with Gasteiger partial charge in [0.05, 0.1) is 9.79 Å². The summed E-state index contributed by atoms with van der Waals surface area (Å²) in [4.78, 5) is -3.59. The molecule has 0 N–H and O–H groups in total. The van der Waals surface area contributed by atoms with E-state index < -0.39 is 73.9 Å². The summed E-state index contributed by atoms with van der Waals surface area (Å²) in [6, 6.07) is 5.36. The molecule has 0 heterocycles. The fourth-order valence-corrected chi connectivity index (χ4v) is 6.18. The fourth-order valence-electron chi connectivity index (χ4n) is 3.19. The maximum atomic E-state index is 14.0. The van der Waals surface area contributed by atoms with Crippen molar-refractivity contribution in [3.8, 4) is 0 Å². The summed E-state index contributed by atoms with van der Waals surface area (Å²) in [6.45, 7) is 0. The SMILES string of the molecule is O=S(=O)(c1c2ccccc2c(S(=O)(=O)C(F)(F)C(F)(F)F)c2ccccc12)C(F)(F)C(F)(F)F. The number of halogens is 10. The first-order valence-electron chi connectivity index (χ1n) is 8.53. The van der Waals surface area contributed by atoms with E-state index >= 15 is 0 Å². The van der Waals surface area contributed by atoms with E-state index in [0.29, 0.717) is 24.3 Å². The van der Waals surface area contributed by atoms with Crippen molar-refractivity contribution in [3.05, 3.63) is 48.5 Å². The molecule has 3 rings (SSSR count). The van der Waals surface area contributed by atoms with Crippen molar-refractivity contribution in [3.63, 3.8) is 0 Å².